The first-order valence-corrected chi connectivity index (χ1v) is 20.0. The fraction of sp³-hybridized carbons (Fsp3) is 0.590. The minimum atomic E-state index is -2.68. The van der Waals surface area contributed by atoms with Gasteiger partial charge in [0.05, 0.1) is 38.8 Å². The summed E-state index contributed by atoms with van der Waals surface area (Å²) in [5.41, 5.74) is -0.411. The zero-order chi connectivity index (χ0) is 46.4. The lowest BCUT2D eigenvalue weighted by Gasteiger charge is -2.38. The summed E-state index contributed by atoms with van der Waals surface area (Å²) in [4.78, 5) is 89.5. The number of aliphatic hydroxyl groups excluding tert-OH is 1. The summed E-state index contributed by atoms with van der Waals surface area (Å²) >= 11 is 0. The number of anilines is 1. The van der Waals surface area contributed by atoms with Crippen molar-refractivity contribution in [1.29, 1.82) is 0 Å². The lowest BCUT2D eigenvalue weighted by atomic mass is 9.67. The Bertz CT molecular complexity index is 2290. The highest BCUT2D eigenvalue weighted by molar-refractivity contribution is 6.76. The van der Waals surface area contributed by atoms with Gasteiger partial charge in [-0.3, -0.25) is 33.5 Å². The molecule has 0 bridgehead atoms. The zero-order valence-corrected chi connectivity index (χ0v) is 37.1. The van der Waals surface area contributed by atoms with Gasteiger partial charge in [0, 0.05) is 0 Å². The first-order valence-electron chi connectivity index (χ1n) is 20.0. The number of hydrogen-bond acceptors (Lipinski definition) is 15. The van der Waals surface area contributed by atoms with Gasteiger partial charge in [0.15, 0.2) is 22.9 Å². The van der Waals surface area contributed by atoms with Gasteiger partial charge in [-0.25, -0.2) is 9.78 Å². The van der Waals surface area contributed by atoms with Crippen LogP contribution in [0.1, 0.15) is 81.0 Å². The van der Waals surface area contributed by atoms with Crippen LogP contribution in [-0.4, -0.2) is 128 Å². The molecule has 2 aromatic heterocycles. The molecule has 0 spiro atoms. The molecule has 2 aliphatic rings. The molecule has 1 aromatic carbocycles. The molecule has 22 nitrogen and oxygen atoms in total. The summed E-state index contributed by atoms with van der Waals surface area (Å²) in [5, 5.41) is 22.7. The molecule has 23 heteroatoms. The third-order valence-corrected chi connectivity index (χ3v) is 11.1. The van der Waals surface area contributed by atoms with Crippen LogP contribution < -0.4 is 43.3 Å². The molecule has 2 aliphatic heterocycles. The summed E-state index contributed by atoms with van der Waals surface area (Å²) in [6.45, 7) is 12.2. The number of aromatic nitrogens is 4. The van der Waals surface area contributed by atoms with Crippen LogP contribution in [0, 0.1) is 0 Å². The second-order valence-electron chi connectivity index (χ2n) is 18.2. The predicted octanol–water partition coefficient (Wildman–Crippen LogP) is -2.54. The van der Waals surface area contributed by atoms with Crippen molar-refractivity contribution in [3.05, 3.63) is 46.5 Å². The number of amides is 4. The van der Waals surface area contributed by atoms with E-state index in [0.717, 1.165) is 0 Å². The molecule has 0 saturated carbocycles. The van der Waals surface area contributed by atoms with E-state index in [1.165, 1.54) is 80.5 Å². The Kier molecular flexibility index (Phi) is 13.1. The van der Waals surface area contributed by atoms with Gasteiger partial charge in [-0.15, -0.1) is 5.46 Å². The number of aliphatic hydroxyl groups is 1. The third kappa shape index (κ3) is 9.32. The smallest absolute Gasteiger partial charge is 0.410 e. The summed E-state index contributed by atoms with van der Waals surface area (Å²) in [6.07, 6.45) is -2.10. The number of ether oxygens (including phenoxy) is 2. The van der Waals surface area contributed by atoms with Gasteiger partial charge in [0.1, 0.15) is 28.3 Å². The number of nitrogens with zero attached hydrogens (tertiary/aromatic N) is 3. The third-order valence-electron chi connectivity index (χ3n) is 11.1. The first-order chi connectivity index (χ1) is 28.6. The summed E-state index contributed by atoms with van der Waals surface area (Å²) < 4.78 is 31.5. The Morgan fingerprint density at radius 2 is 1.39 bits per heavy atom. The number of nitrogens with two attached hydrogens (primary N) is 2. The second kappa shape index (κ2) is 17.0. The van der Waals surface area contributed by atoms with Crippen molar-refractivity contribution in [2.75, 3.05) is 26.6 Å². The van der Waals surface area contributed by atoms with Crippen LogP contribution in [0.2, 0.25) is 0 Å². The lowest BCUT2D eigenvalue weighted by molar-refractivity contribution is -0.720. The molecule has 3 aromatic rings. The van der Waals surface area contributed by atoms with Crippen LogP contribution in [0.15, 0.2) is 35.4 Å². The number of imidazole rings is 1. The van der Waals surface area contributed by atoms with Crippen molar-refractivity contribution < 1.29 is 57.8 Å². The van der Waals surface area contributed by atoms with Crippen LogP contribution in [-0.2, 0) is 54.0 Å². The number of nitrogen functional groups attached to an aromatic ring is 1. The fourth-order valence-corrected chi connectivity index (χ4v) is 7.11. The van der Waals surface area contributed by atoms with E-state index in [4.69, 9.17) is 29.2 Å². The maximum Gasteiger partial charge on any atom is 0.410 e. The van der Waals surface area contributed by atoms with Crippen molar-refractivity contribution in [3.63, 3.8) is 0 Å². The van der Waals surface area contributed by atoms with E-state index >= 15 is 0 Å². The van der Waals surface area contributed by atoms with Gasteiger partial charge >= 0.3 is 12.7 Å². The van der Waals surface area contributed by atoms with Crippen molar-refractivity contribution in [2.45, 2.75) is 128 Å². The molecule has 340 valence electrons. The largest absolute Gasteiger partial charge is 0.543 e. The van der Waals surface area contributed by atoms with E-state index in [9.17, 15) is 33.9 Å². The number of rotatable bonds is 16. The Morgan fingerprint density at radius 1 is 0.855 bits per heavy atom. The molecule has 0 aliphatic carbocycles. The average Bonchev–Trinajstić information content (AvgIpc) is 3.88. The Morgan fingerprint density at radius 3 is 1.94 bits per heavy atom. The van der Waals surface area contributed by atoms with Crippen molar-refractivity contribution in [2.24, 2.45) is 0 Å². The average molecular weight is 872 g/mol. The number of fused-ring (bicyclic) bond motifs is 2. The number of hydrogen-bond donors (Lipinski definition) is 8. The Balaban J connectivity index is 1.26. The number of nitrogens with one attached hydrogen (secondary N) is 5. The maximum atomic E-state index is 13.9. The van der Waals surface area contributed by atoms with E-state index in [2.05, 4.69) is 36.2 Å². The number of esters is 1. The standard InChI is InChI=1S/C39H58BN10O12/c1-35(2,29(53)46-36(3,4)30(54)47-37(5,6)31(55)48-38(7,8)32(56)49-39(9,10)33(57)58-11)43-17-20-15-13-14-16-21(20)40(59-12)61-24-22(18-51)60-28(25(24)62-40)50-19-42-23-26(50)44-34(41)45-27(23)52/h13-16,19,22,24-25,28,43,51H,17-18H2,1-12H3,(H,46,53)(H,47,54)(H,48,55)(H,49,56)(H3,41,44,45,52)/q-1/p+1/t22-,24-,25-,28-,40-/m1/s1/i9+1/t22-,24-,25-,28-,39+,40-. The quantitative estimate of drug-likeness (QED) is 0.0418. The number of carbonyl (C=O) groups is 5. The van der Waals surface area contributed by atoms with Crippen molar-refractivity contribution >= 4 is 58.9 Å². The number of aromatic amines is 1. The highest BCUT2D eigenvalue weighted by Gasteiger charge is 2.56. The topological polar surface area (TPSA) is 306 Å². The monoisotopic (exact) mass is 871 g/mol. The summed E-state index contributed by atoms with van der Waals surface area (Å²) in [5.74, 6) is -3.34. The number of H-pyrrole nitrogens is 1. The van der Waals surface area contributed by atoms with Gasteiger partial charge in [-0.2, -0.15) is 4.98 Å². The van der Waals surface area contributed by atoms with Gasteiger partial charge in [-0.1, -0.05) is 24.3 Å². The second-order valence-corrected chi connectivity index (χ2v) is 18.2. The van der Waals surface area contributed by atoms with Crippen molar-refractivity contribution in [3.8, 4) is 0 Å². The molecule has 0 unspecified atom stereocenters. The Labute approximate surface area is 358 Å². The highest BCUT2D eigenvalue weighted by Crippen LogP contribution is 2.42. The number of methoxy groups -OCH3 is 1. The van der Waals surface area contributed by atoms with Gasteiger partial charge < -0.3 is 60.9 Å². The Hall–Kier alpha value is -5.46. The number of carbonyl (C=O) groups excluding carboxylic acids is 5. The lowest BCUT2D eigenvalue weighted by Crippen LogP contribution is -2.97. The van der Waals surface area contributed by atoms with E-state index < -0.39 is 101 Å². The molecule has 2 fully saturated rings. The minimum Gasteiger partial charge on any atom is -0.543 e. The molecular formula is C39H59BN10O12. The zero-order valence-electron chi connectivity index (χ0n) is 37.1. The van der Waals surface area contributed by atoms with E-state index in [1.807, 2.05) is 12.1 Å². The van der Waals surface area contributed by atoms with Gasteiger partial charge in [0.2, 0.25) is 23.7 Å². The highest BCUT2D eigenvalue weighted by atomic mass is 16.8. The summed E-state index contributed by atoms with van der Waals surface area (Å²) in [7, 11) is 2.62. The molecule has 6 atom stereocenters. The van der Waals surface area contributed by atoms with Crippen molar-refractivity contribution in [1.82, 2.24) is 40.8 Å². The predicted molar refractivity (Wildman–Crippen MR) is 223 cm³/mol. The maximum absolute atomic E-state index is 13.9. The molecule has 2 saturated heterocycles. The minimum absolute atomic E-state index is 0.0314. The van der Waals surface area contributed by atoms with Crippen LogP contribution in [0.5, 0.6) is 0 Å². The van der Waals surface area contributed by atoms with Gasteiger partial charge in [-0.05, 0) is 81.9 Å². The van der Waals surface area contributed by atoms with E-state index in [0.29, 0.717) is 11.0 Å². The molecule has 62 heavy (non-hydrogen) atoms. The van der Waals surface area contributed by atoms with Gasteiger partial charge in [0.25, 0.3) is 11.5 Å². The molecule has 10 N–H and O–H groups in total. The SMILES string of the molecule is COC(=O)[C@@](C)([13CH3])NC(=O)C(C)(C)NC(=O)C(C)(C)NC(=O)C(C)(C)NC(=O)C(C)(C)[NH2+]Cc1ccccc1[B@-]1(OC)O[C@@H]2[C@H](O1)[C@@H](CO)O[C@H]2n1cnc2c(=O)[nH]c(N)nc21. The molecule has 0 radical (unpaired) electrons. The first kappa shape index (κ1) is 47.6. The van der Waals surface area contributed by atoms with Crippen LogP contribution in [0.4, 0.5) is 5.95 Å². The molecule has 4 heterocycles. The molecule has 4 amide bonds. The van der Waals surface area contributed by atoms with E-state index in [-0.39, 0.29) is 23.7 Å². The van der Waals surface area contributed by atoms with Crippen LogP contribution in [0.3, 0.4) is 0 Å². The summed E-state index contributed by atoms with van der Waals surface area (Å²) in [6, 6.07) is 7.20. The molecular weight excluding hydrogens is 812 g/mol. The van der Waals surface area contributed by atoms with Crippen LogP contribution >= 0.6 is 0 Å². The number of quaternary nitrogens is 1. The number of benzene rings is 1. The van der Waals surface area contributed by atoms with E-state index in [1.54, 1.807) is 31.3 Å². The molecule has 5 rings (SSSR count). The normalized spacial score (nSPS) is 22.7. The fourth-order valence-electron chi connectivity index (χ4n) is 7.11. The van der Waals surface area contributed by atoms with Crippen LogP contribution in [0.25, 0.3) is 11.2 Å².